The van der Waals surface area contributed by atoms with Crippen molar-refractivity contribution >= 4 is 21.4 Å². The van der Waals surface area contributed by atoms with Gasteiger partial charge >= 0.3 is 0 Å². The number of amides is 1. The van der Waals surface area contributed by atoms with Gasteiger partial charge in [-0.1, -0.05) is 12.1 Å². The number of carbonyl (C=O) groups excluding carboxylic acids is 1. The van der Waals surface area contributed by atoms with Gasteiger partial charge in [-0.3, -0.25) is 4.79 Å². The first-order valence-corrected chi connectivity index (χ1v) is 9.37. The van der Waals surface area contributed by atoms with Gasteiger partial charge < -0.3 is 14.8 Å². The number of benzene rings is 2. The van der Waals surface area contributed by atoms with Crippen molar-refractivity contribution in [2.75, 3.05) is 18.4 Å². The van der Waals surface area contributed by atoms with Crippen LogP contribution in [0.4, 0.5) is 5.69 Å². The van der Waals surface area contributed by atoms with E-state index in [1.54, 1.807) is 43.3 Å². The summed E-state index contributed by atoms with van der Waals surface area (Å²) in [6, 6.07) is 10.2. The molecule has 0 spiro atoms. The topological polar surface area (TPSA) is 81.7 Å². The van der Waals surface area contributed by atoms with E-state index >= 15 is 0 Å². The van der Waals surface area contributed by atoms with Gasteiger partial charge in [0.15, 0.2) is 21.3 Å². The molecule has 7 heteroatoms. The fraction of sp³-hybridized carbons (Fsp3) is 0.235. The predicted molar refractivity (Wildman–Crippen MR) is 90.2 cm³/mol. The molecule has 0 bridgehead atoms. The SMILES string of the molecule is Cc1c(CS(C)(=O)=O)cccc1NC(=O)c1ccc2c(c1)OCO2. The Balaban J connectivity index is 1.83. The van der Waals surface area contributed by atoms with Crippen LogP contribution in [0.3, 0.4) is 0 Å². The molecule has 1 heterocycles. The van der Waals surface area contributed by atoms with Crippen molar-refractivity contribution in [2.24, 2.45) is 0 Å². The second kappa shape index (κ2) is 6.16. The van der Waals surface area contributed by atoms with Crippen LogP contribution in [0.25, 0.3) is 0 Å². The lowest BCUT2D eigenvalue weighted by Crippen LogP contribution is -2.13. The first-order chi connectivity index (χ1) is 11.3. The van der Waals surface area contributed by atoms with Gasteiger partial charge in [-0.15, -0.1) is 0 Å². The van der Waals surface area contributed by atoms with Crippen LogP contribution >= 0.6 is 0 Å². The molecule has 126 valence electrons. The van der Waals surface area contributed by atoms with E-state index in [1.807, 2.05) is 0 Å². The Hall–Kier alpha value is -2.54. The lowest BCUT2D eigenvalue weighted by molar-refractivity contribution is 0.102. The fourth-order valence-electron chi connectivity index (χ4n) is 2.49. The summed E-state index contributed by atoms with van der Waals surface area (Å²) < 4.78 is 33.5. The molecule has 0 saturated heterocycles. The molecule has 0 fully saturated rings. The molecule has 24 heavy (non-hydrogen) atoms. The van der Waals surface area contributed by atoms with E-state index < -0.39 is 9.84 Å². The highest BCUT2D eigenvalue weighted by Gasteiger charge is 2.17. The Morgan fingerprint density at radius 2 is 1.92 bits per heavy atom. The van der Waals surface area contributed by atoms with Crippen molar-refractivity contribution < 1.29 is 22.7 Å². The zero-order valence-corrected chi connectivity index (χ0v) is 14.1. The maximum absolute atomic E-state index is 12.4. The molecule has 0 radical (unpaired) electrons. The molecule has 0 saturated carbocycles. The van der Waals surface area contributed by atoms with Gasteiger partial charge in [-0.05, 0) is 42.3 Å². The predicted octanol–water partition coefficient (Wildman–Crippen LogP) is 2.52. The average Bonchev–Trinajstić information content (AvgIpc) is 2.97. The van der Waals surface area contributed by atoms with E-state index in [4.69, 9.17) is 9.47 Å². The summed E-state index contributed by atoms with van der Waals surface area (Å²) in [4.78, 5) is 12.4. The van der Waals surface area contributed by atoms with Crippen molar-refractivity contribution in [1.82, 2.24) is 0 Å². The molecule has 2 aromatic carbocycles. The summed E-state index contributed by atoms with van der Waals surface area (Å²) in [5.41, 5.74) is 2.42. The summed E-state index contributed by atoms with van der Waals surface area (Å²) in [6.07, 6.45) is 1.18. The van der Waals surface area contributed by atoms with Crippen LogP contribution in [-0.2, 0) is 15.6 Å². The number of rotatable bonds is 4. The molecule has 1 aliphatic heterocycles. The van der Waals surface area contributed by atoms with Crippen molar-refractivity contribution in [3.63, 3.8) is 0 Å². The molecule has 0 unspecified atom stereocenters. The van der Waals surface area contributed by atoms with E-state index in [0.717, 1.165) is 5.56 Å². The number of carbonyl (C=O) groups is 1. The highest BCUT2D eigenvalue weighted by atomic mass is 32.2. The lowest BCUT2D eigenvalue weighted by Gasteiger charge is -2.12. The third kappa shape index (κ3) is 3.51. The van der Waals surface area contributed by atoms with Crippen LogP contribution in [0, 0.1) is 6.92 Å². The smallest absolute Gasteiger partial charge is 0.255 e. The molecule has 0 aliphatic carbocycles. The fourth-order valence-corrected chi connectivity index (χ4v) is 3.37. The normalized spacial score (nSPS) is 12.9. The van der Waals surface area contributed by atoms with Crippen LogP contribution in [0.5, 0.6) is 11.5 Å². The van der Waals surface area contributed by atoms with Crippen molar-refractivity contribution in [3.8, 4) is 11.5 Å². The Bertz CT molecular complexity index is 905. The van der Waals surface area contributed by atoms with Gasteiger partial charge in [0.1, 0.15) is 0 Å². The van der Waals surface area contributed by atoms with E-state index in [9.17, 15) is 13.2 Å². The number of sulfone groups is 1. The first-order valence-electron chi connectivity index (χ1n) is 7.31. The molecular formula is C17H17NO5S. The summed E-state index contributed by atoms with van der Waals surface area (Å²) in [6.45, 7) is 1.93. The first kappa shape index (κ1) is 16.3. The van der Waals surface area contributed by atoms with Gasteiger partial charge in [0, 0.05) is 17.5 Å². The Morgan fingerprint density at radius 3 is 2.67 bits per heavy atom. The molecule has 2 aromatic rings. The zero-order valence-electron chi connectivity index (χ0n) is 13.3. The highest BCUT2D eigenvalue weighted by Crippen LogP contribution is 2.32. The monoisotopic (exact) mass is 347 g/mol. The summed E-state index contributed by atoms with van der Waals surface area (Å²) in [7, 11) is -3.15. The van der Waals surface area contributed by atoms with E-state index in [-0.39, 0.29) is 18.5 Å². The molecular weight excluding hydrogens is 330 g/mol. The maximum Gasteiger partial charge on any atom is 0.255 e. The lowest BCUT2D eigenvalue weighted by atomic mass is 10.1. The van der Waals surface area contributed by atoms with Gasteiger partial charge in [0.2, 0.25) is 6.79 Å². The van der Waals surface area contributed by atoms with E-state index in [0.29, 0.717) is 28.3 Å². The van der Waals surface area contributed by atoms with Crippen molar-refractivity contribution in [1.29, 1.82) is 0 Å². The quantitative estimate of drug-likeness (QED) is 0.919. The van der Waals surface area contributed by atoms with Gasteiger partial charge in [0.05, 0.1) is 5.75 Å². The van der Waals surface area contributed by atoms with E-state index in [2.05, 4.69) is 5.32 Å². The van der Waals surface area contributed by atoms with Crippen molar-refractivity contribution in [2.45, 2.75) is 12.7 Å². The number of hydrogen-bond acceptors (Lipinski definition) is 5. The Morgan fingerprint density at radius 1 is 1.17 bits per heavy atom. The Labute approximate surface area is 140 Å². The third-order valence-corrected chi connectivity index (χ3v) is 4.58. The second-order valence-electron chi connectivity index (χ2n) is 5.68. The molecule has 6 nitrogen and oxygen atoms in total. The number of fused-ring (bicyclic) bond motifs is 1. The standard InChI is InChI=1S/C17H17NO5S/c1-11-13(9-24(2,20)21)4-3-5-14(11)18-17(19)12-6-7-15-16(8-12)23-10-22-15/h3-8H,9-10H2,1-2H3,(H,18,19). The summed E-state index contributed by atoms with van der Waals surface area (Å²) in [5, 5.41) is 2.81. The van der Waals surface area contributed by atoms with Crippen LogP contribution in [0.15, 0.2) is 36.4 Å². The molecule has 3 rings (SSSR count). The minimum Gasteiger partial charge on any atom is -0.454 e. The molecule has 0 atom stereocenters. The number of hydrogen-bond donors (Lipinski definition) is 1. The van der Waals surface area contributed by atoms with Gasteiger partial charge in [0.25, 0.3) is 5.91 Å². The zero-order chi connectivity index (χ0) is 17.3. The average molecular weight is 347 g/mol. The second-order valence-corrected chi connectivity index (χ2v) is 7.82. The number of nitrogens with one attached hydrogen (secondary N) is 1. The summed E-state index contributed by atoms with van der Waals surface area (Å²) >= 11 is 0. The van der Waals surface area contributed by atoms with Crippen LogP contribution in [0.1, 0.15) is 21.5 Å². The van der Waals surface area contributed by atoms with E-state index in [1.165, 1.54) is 6.26 Å². The van der Waals surface area contributed by atoms with Crippen LogP contribution in [-0.4, -0.2) is 27.4 Å². The molecule has 1 aliphatic rings. The van der Waals surface area contributed by atoms with Crippen LogP contribution < -0.4 is 14.8 Å². The maximum atomic E-state index is 12.4. The van der Waals surface area contributed by atoms with Gasteiger partial charge in [-0.25, -0.2) is 8.42 Å². The minimum atomic E-state index is -3.15. The molecule has 0 aromatic heterocycles. The molecule has 1 N–H and O–H groups in total. The number of anilines is 1. The minimum absolute atomic E-state index is 0.0629. The largest absolute Gasteiger partial charge is 0.454 e. The summed E-state index contributed by atoms with van der Waals surface area (Å²) in [5.74, 6) is 0.781. The van der Waals surface area contributed by atoms with Crippen molar-refractivity contribution in [3.05, 3.63) is 53.1 Å². The third-order valence-electron chi connectivity index (χ3n) is 3.75. The number of ether oxygens (including phenoxy) is 2. The van der Waals surface area contributed by atoms with Gasteiger partial charge in [-0.2, -0.15) is 0 Å². The molecule has 1 amide bonds. The Kier molecular flexibility index (Phi) is 4.19. The highest BCUT2D eigenvalue weighted by molar-refractivity contribution is 7.89. The van der Waals surface area contributed by atoms with Crippen LogP contribution in [0.2, 0.25) is 0 Å².